The van der Waals surface area contributed by atoms with Crippen molar-refractivity contribution in [3.63, 3.8) is 0 Å². The van der Waals surface area contributed by atoms with Crippen LogP contribution in [0.2, 0.25) is 0 Å². The van der Waals surface area contributed by atoms with E-state index in [1.54, 1.807) is 6.92 Å². The number of unbranched alkanes of at least 4 members (excludes halogenated alkanes) is 10. The molecule has 0 unspecified atom stereocenters. The number of carbonyl (C=O) groups is 1. The summed E-state index contributed by atoms with van der Waals surface area (Å²) >= 11 is 0. The Morgan fingerprint density at radius 2 is 1.45 bits per heavy atom. The number of ether oxygens (including phenoxy) is 1. The second kappa shape index (κ2) is 14.4. The minimum absolute atomic E-state index is 0.285. The number of hydrogen-bond acceptors (Lipinski definition) is 2. The van der Waals surface area contributed by atoms with Crippen molar-refractivity contribution in [1.29, 1.82) is 0 Å². The molecule has 0 heterocycles. The molecule has 0 saturated carbocycles. The van der Waals surface area contributed by atoms with E-state index in [4.69, 9.17) is 4.74 Å². The standard InChI is InChI=1S/C18H32O2/c1-4-6-7-8-9-10-11-12-13-14-15-16-17(3)18(19)20-5-2/h5,16H,2,4,6-15H2,1,3H3/b17-16+. The van der Waals surface area contributed by atoms with E-state index in [2.05, 4.69) is 13.5 Å². The number of rotatable bonds is 13. The maximum Gasteiger partial charge on any atom is 0.338 e. The topological polar surface area (TPSA) is 26.3 Å². The van der Waals surface area contributed by atoms with Gasteiger partial charge < -0.3 is 4.74 Å². The average molecular weight is 280 g/mol. The van der Waals surface area contributed by atoms with Gasteiger partial charge in [-0.15, -0.1) is 0 Å². The van der Waals surface area contributed by atoms with Gasteiger partial charge in [0.15, 0.2) is 0 Å². The molecule has 0 N–H and O–H groups in total. The smallest absolute Gasteiger partial charge is 0.338 e. The molecule has 0 aromatic carbocycles. The molecule has 0 rings (SSSR count). The van der Waals surface area contributed by atoms with Crippen LogP contribution in [0.5, 0.6) is 0 Å². The van der Waals surface area contributed by atoms with Gasteiger partial charge in [-0.2, -0.15) is 0 Å². The van der Waals surface area contributed by atoms with Gasteiger partial charge in [0.1, 0.15) is 0 Å². The average Bonchev–Trinajstić information content (AvgIpc) is 2.44. The largest absolute Gasteiger partial charge is 0.432 e. The van der Waals surface area contributed by atoms with Crippen molar-refractivity contribution in [2.75, 3.05) is 0 Å². The summed E-state index contributed by atoms with van der Waals surface area (Å²) in [5.74, 6) is -0.285. The van der Waals surface area contributed by atoms with E-state index in [0.717, 1.165) is 12.8 Å². The molecule has 2 heteroatoms. The van der Waals surface area contributed by atoms with Crippen molar-refractivity contribution < 1.29 is 9.53 Å². The lowest BCUT2D eigenvalue weighted by Gasteiger charge is -2.02. The third-order valence-electron chi connectivity index (χ3n) is 3.52. The fraction of sp³-hybridized carbons (Fsp3) is 0.722. The summed E-state index contributed by atoms with van der Waals surface area (Å²) in [6.07, 6.45) is 17.5. The molecule has 0 aliphatic rings. The molecule has 0 aromatic rings. The van der Waals surface area contributed by atoms with Gasteiger partial charge in [0, 0.05) is 5.57 Å². The first-order valence-electron chi connectivity index (χ1n) is 8.21. The lowest BCUT2D eigenvalue weighted by molar-refractivity contribution is -0.133. The SMILES string of the molecule is C=COC(=O)/C(C)=C/CCCCCCCCCCCC. The Hall–Kier alpha value is -1.05. The van der Waals surface area contributed by atoms with Crippen LogP contribution < -0.4 is 0 Å². The van der Waals surface area contributed by atoms with Crippen molar-refractivity contribution in [2.45, 2.75) is 84.5 Å². The quantitative estimate of drug-likeness (QED) is 0.181. The Morgan fingerprint density at radius 1 is 0.950 bits per heavy atom. The molecule has 0 amide bonds. The summed E-state index contributed by atoms with van der Waals surface area (Å²) in [4.78, 5) is 11.3. The number of allylic oxidation sites excluding steroid dienone is 1. The molecule has 0 atom stereocenters. The monoisotopic (exact) mass is 280 g/mol. The van der Waals surface area contributed by atoms with Gasteiger partial charge in [0.05, 0.1) is 6.26 Å². The van der Waals surface area contributed by atoms with Gasteiger partial charge in [-0.3, -0.25) is 0 Å². The molecule has 0 spiro atoms. The van der Waals surface area contributed by atoms with E-state index in [1.807, 2.05) is 6.08 Å². The fourth-order valence-electron chi connectivity index (χ4n) is 2.20. The highest BCUT2D eigenvalue weighted by Gasteiger charge is 2.02. The maximum atomic E-state index is 11.3. The zero-order chi connectivity index (χ0) is 15.1. The molecular weight excluding hydrogens is 248 g/mol. The van der Waals surface area contributed by atoms with E-state index in [-0.39, 0.29) is 5.97 Å². The number of carbonyl (C=O) groups excluding carboxylic acids is 1. The Bertz CT molecular complexity index is 279. The number of hydrogen-bond donors (Lipinski definition) is 0. The Kier molecular flexibility index (Phi) is 13.6. The van der Waals surface area contributed by atoms with Gasteiger partial charge >= 0.3 is 5.97 Å². The minimum atomic E-state index is -0.285. The summed E-state index contributed by atoms with van der Waals surface area (Å²) in [5.41, 5.74) is 0.681. The van der Waals surface area contributed by atoms with E-state index in [0.29, 0.717) is 5.57 Å². The Balaban J connectivity index is 3.33. The summed E-state index contributed by atoms with van der Waals surface area (Å²) in [7, 11) is 0. The number of esters is 1. The molecule has 0 aliphatic carbocycles. The highest BCUT2D eigenvalue weighted by molar-refractivity contribution is 5.88. The van der Waals surface area contributed by atoms with Crippen molar-refractivity contribution in [2.24, 2.45) is 0 Å². The third kappa shape index (κ3) is 12.0. The van der Waals surface area contributed by atoms with Crippen molar-refractivity contribution in [3.8, 4) is 0 Å². The van der Waals surface area contributed by atoms with Gasteiger partial charge in [0.25, 0.3) is 0 Å². The van der Waals surface area contributed by atoms with Crippen LogP contribution in [0.15, 0.2) is 24.5 Å². The molecular formula is C18H32O2. The Morgan fingerprint density at radius 3 is 1.95 bits per heavy atom. The summed E-state index contributed by atoms with van der Waals surface area (Å²) in [6.45, 7) is 7.43. The molecule has 0 aliphatic heterocycles. The van der Waals surface area contributed by atoms with Gasteiger partial charge in [-0.05, 0) is 19.8 Å². The second-order valence-electron chi connectivity index (χ2n) is 5.43. The zero-order valence-corrected chi connectivity index (χ0v) is 13.5. The lowest BCUT2D eigenvalue weighted by Crippen LogP contribution is -2.00. The summed E-state index contributed by atoms with van der Waals surface area (Å²) < 4.78 is 4.71. The van der Waals surface area contributed by atoms with Crippen LogP contribution in [0, 0.1) is 0 Å². The van der Waals surface area contributed by atoms with E-state index < -0.39 is 0 Å². The van der Waals surface area contributed by atoms with Crippen molar-refractivity contribution in [1.82, 2.24) is 0 Å². The van der Waals surface area contributed by atoms with Crippen LogP contribution in [0.4, 0.5) is 0 Å². The zero-order valence-electron chi connectivity index (χ0n) is 13.5. The first-order valence-corrected chi connectivity index (χ1v) is 8.21. The molecule has 0 aromatic heterocycles. The van der Waals surface area contributed by atoms with Gasteiger partial charge in [0.2, 0.25) is 0 Å². The predicted octanol–water partition coefficient (Wildman–Crippen LogP) is 5.93. The summed E-state index contributed by atoms with van der Waals surface area (Å²) in [6, 6.07) is 0. The normalized spacial score (nSPS) is 11.4. The predicted molar refractivity (Wildman–Crippen MR) is 86.5 cm³/mol. The van der Waals surface area contributed by atoms with Crippen LogP contribution in [-0.2, 0) is 9.53 Å². The minimum Gasteiger partial charge on any atom is -0.432 e. The van der Waals surface area contributed by atoms with E-state index in [1.165, 1.54) is 64.0 Å². The maximum absolute atomic E-state index is 11.3. The first-order chi connectivity index (χ1) is 9.72. The Labute approximate surface area is 125 Å². The molecule has 0 radical (unpaired) electrons. The van der Waals surface area contributed by atoms with E-state index >= 15 is 0 Å². The van der Waals surface area contributed by atoms with Crippen LogP contribution in [0.25, 0.3) is 0 Å². The first kappa shape index (κ1) is 18.9. The highest BCUT2D eigenvalue weighted by Crippen LogP contribution is 2.12. The van der Waals surface area contributed by atoms with E-state index in [9.17, 15) is 4.79 Å². The fourth-order valence-corrected chi connectivity index (χ4v) is 2.20. The second-order valence-corrected chi connectivity index (χ2v) is 5.43. The lowest BCUT2D eigenvalue weighted by atomic mass is 10.1. The molecule has 0 bridgehead atoms. The highest BCUT2D eigenvalue weighted by atomic mass is 16.5. The molecule has 0 saturated heterocycles. The van der Waals surface area contributed by atoms with Crippen LogP contribution in [0.3, 0.4) is 0 Å². The molecule has 0 fully saturated rings. The molecule has 2 nitrogen and oxygen atoms in total. The third-order valence-corrected chi connectivity index (χ3v) is 3.52. The van der Waals surface area contributed by atoms with Gasteiger partial charge in [-0.25, -0.2) is 4.79 Å². The van der Waals surface area contributed by atoms with Crippen LogP contribution in [0.1, 0.15) is 84.5 Å². The van der Waals surface area contributed by atoms with Gasteiger partial charge in [-0.1, -0.05) is 77.4 Å². The molecule has 20 heavy (non-hydrogen) atoms. The summed E-state index contributed by atoms with van der Waals surface area (Å²) in [5, 5.41) is 0. The molecule has 116 valence electrons. The van der Waals surface area contributed by atoms with Crippen LogP contribution in [-0.4, -0.2) is 5.97 Å². The van der Waals surface area contributed by atoms with Crippen molar-refractivity contribution in [3.05, 3.63) is 24.5 Å². The van der Waals surface area contributed by atoms with Crippen molar-refractivity contribution >= 4 is 5.97 Å². The van der Waals surface area contributed by atoms with Crippen LogP contribution >= 0.6 is 0 Å².